The highest BCUT2D eigenvalue weighted by Crippen LogP contribution is 2.62. The second kappa shape index (κ2) is 8.27. The Morgan fingerprint density at radius 3 is 2.41 bits per heavy atom. The van der Waals surface area contributed by atoms with E-state index in [1.54, 1.807) is 13.8 Å². The lowest BCUT2D eigenvalue weighted by Crippen LogP contribution is -2.30. The average Bonchev–Trinajstić information content (AvgIpc) is 3.05. The molecule has 29 heavy (non-hydrogen) atoms. The topological polar surface area (TPSA) is 46.5 Å². The first-order chi connectivity index (χ1) is 13.5. The van der Waals surface area contributed by atoms with Crippen LogP contribution in [0.15, 0.2) is 48.5 Å². The first kappa shape index (κ1) is 22.1. The van der Waals surface area contributed by atoms with E-state index >= 15 is 0 Å². The van der Waals surface area contributed by atoms with Crippen LogP contribution in [0.5, 0.6) is 0 Å². The number of fused-ring (bicyclic) bond motifs is 1. The summed E-state index contributed by atoms with van der Waals surface area (Å²) in [4.78, 5) is 11.7. The molecule has 0 aliphatic heterocycles. The third kappa shape index (κ3) is 4.95. The lowest BCUT2D eigenvalue weighted by Gasteiger charge is -2.34. The van der Waals surface area contributed by atoms with E-state index in [4.69, 9.17) is 4.52 Å². The van der Waals surface area contributed by atoms with Crippen LogP contribution < -0.4 is 0 Å². The van der Waals surface area contributed by atoms with Crippen molar-refractivity contribution < 1.29 is 22.8 Å². The molecule has 0 saturated heterocycles. The first-order valence-electron chi connectivity index (χ1n) is 9.45. The summed E-state index contributed by atoms with van der Waals surface area (Å²) in [6.07, 6.45) is 0.0615. The Morgan fingerprint density at radius 2 is 1.79 bits per heavy atom. The third-order valence-electron chi connectivity index (χ3n) is 5.34. The van der Waals surface area contributed by atoms with Gasteiger partial charge in [0.1, 0.15) is 0 Å². The number of hydrogen-bond donors (Lipinski definition) is 1. The van der Waals surface area contributed by atoms with E-state index in [9.17, 15) is 18.2 Å². The molecule has 1 aromatic heterocycles. The molecule has 0 spiro atoms. The Morgan fingerprint density at radius 1 is 1.10 bits per heavy atom. The molecule has 0 aliphatic rings. The zero-order chi connectivity index (χ0) is 21.4. The molecule has 1 heterocycles. The lowest BCUT2D eigenvalue weighted by molar-refractivity contribution is 0.0449. The van der Waals surface area contributed by atoms with Crippen LogP contribution in [-0.4, -0.2) is 10.5 Å². The summed E-state index contributed by atoms with van der Waals surface area (Å²) in [5, 5.41) is 0.964. The van der Waals surface area contributed by atoms with Crippen LogP contribution in [0.4, 0.5) is 8.78 Å². The van der Waals surface area contributed by atoms with Crippen molar-refractivity contribution in [2.45, 2.75) is 45.4 Å². The molecular formula is C22H25F2O3PS. The molecule has 0 fully saturated rings. The van der Waals surface area contributed by atoms with E-state index in [0.717, 1.165) is 22.2 Å². The van der Waals surface area contributed by atoms with Crippen molar-refractivity contribution in [3.05, 3.63) is 70.6 Å². The Hall–Kier alpha value is -1.59. The minimum atomic E-state index is -4.15. The molecule has 0 radical (unpaired) electrons. The highest BCUT2D eigenvalue weighted by atomic mass is 32.1. The maximum absolute atomic E-state index is 13.7. The number of halogens is 2. The molecule has 3 aromatic rings. The Labute approximate surface area is 173 Å². The van der Waals surface area contributed by atoms with Gasteiger partial charge in [0, 0.05) is 9.58 Å². The standard InChI is InChI=1S/C22H25F2O3PS/c1-14(2)22(3,4)27-28(25,26)19(12-15-9-10-17(23)18(24)11-15)21-13-16-7-5-6-8-20(16)29-21/h5-11,13-14,19H,12H2,1-4H3,(H,25,26). The number of thiophene rings is 1. The average molecular weight is 438 g/mol. The van der Waals surface area contributed by atoms with Gasteiger partial charge in [0.05, 0.1) is 11.3 Å². The molecule has 156 valence electrons. The van der Waals surface area contributed by atoms with Gasteiger partial charge < -0.3 is 9.42 Å². The van der Waals surface area contributed by atoms with Crippen molar-refractivity contribution >= 4 is 29.0 Å². The second-order valence-electron chi connectivity index (χ2n) is 8.07. The van der Waals surface area contributed by atoms with Gasteiger partial charge >= 0.3 is 7.60 Å². The maximum atomic E-state index is 13.7. The van der Waals surface area contributed by atoms with E-state index in [1.807, 2.05) is 44.2 Å². The summed E-state index contributed by atoms with van der Waals surface area (Å²) in [5.41, 5.74) is -1.28. The van der Waals surface area contributed by atoms with Gasteiger partial charge in [-0.05, 0) is 61.4 Å². The predicted molar refractivity (Wildman–Crippen MR) is 114 cm³/mol. The van der Waals surface area contributed by atoms with Crippen LogP contribution in [0.1, 0.15) is 43.8 Å². The SMILES string of the molecule is CC(C)C(C)(C)OP(=O)(O)C(Cc1ccc(F)c(F)c1)c1cc2ccccc2s1. The van der Waals surface area contributed by atoms with Gasteiger partial charge in [-0.25, -0.2) is 8.78 Å². The number of hydrogen-bond acceptors (Lipinski definition) is 3. The first-order valence-corrected chi connectivity index (χ1v) is 11.9. The fourth-order valence-electron chi connectivity index (χ4n) is 2.94. The van der Waals surface area contributed by atoms with E-state index in [2.05, 4.69) is 0 Å². The Balaban J connectivity index is 2.04. The Kier molecular flexibility index (Phi) is 6.30. The van der Waals surface area contributed by atoms with Crippen molar-refractivity contribution in [2.24, 2.45) is 5.92 Å². The molecule has 0 amide bonds. The van der Waals surface area contributed by atoms with E-state index in [0.29, 0.717) is 10.4 Å². The Bertz CT molecular complexity index is 1030. The summed E-state index contributed by atoms with van der Waals surface area (Å²) in [6.45, 7) is 7.40. The van der Waals surface area contributed by atoms with Gasteiger partial charge in [-0.3, -0.25) is 4.57 Å². The summed E-state index contributed by atoms with van der Waals surface area (Å²) in [7, 11) is -4.15. The molecule has 3 nitrogen and oxygen atoms in total. The van der Waals surface area contributed by atoms with E-state index < -0.39 is 30.5 Å². The molecule has 2 aromatic carbocycles. The van der Waals surface area contributed by atoms with Crippen molar-refractivity contribution in [1.29, 1.82) is 0 Å². The van der Waals surface area contributed by atoms with Crippen LogP contribution in [0, 0.1) is 17.6 Å². The zero-order valence-electron chi connectivity index (χ0n) is 16.9. The lowest BCUT2D eigenvalue weighted by atomic mass is 9.95. The fraction of sp³-hybridized carbons (Fsp3) is 0.364. The summed E-state index contributed by atoms with van der Waals surface area (Å²) in [5.74, 6) is -1.92. The van der Waals surface area contributed by atoms with E-state index in [-0.39, 0.29) is 12.3 Å². The quantitative estimate of drug-likeness (QED) is 0.400. The largest absolute Gasteiger partial charge is 0.337 e. The monoisotopic (exact) mass is 438 g/mol. The van der Waals surface area contributed by atoms with Gasteiger partial charge in [0.15, 0.2) is 11.6 Å². The number of benzene rings is 2. The number of rotatable bonds is 7. The highest BCUT2D eigenvalue weighted by molar-refractivity contribution is 7.53. The molecule has 0 bridgehead atoms. The van der Waals surface area contributed by atoms with Gasteiger partial charge in [-0.1, -0.05) is 38.1 Å². The minimum Gasteiger partial charge on any atom is -0.324 e. The summed E-state index contributed by atoms with van der Waals surface area (Å²) < 4.78 is 47.3. The van der Waals surface area contributed by atoms with Crippen molar-refractivity contribution in [3.63, 3.8) is 0 Å². The minimum absolute atomic E-state index is 0.00861. The van der Waals surface area contributed by atoms with Crippen LogP contribution in [-0.2, 0) is 15.5 Å². The molecular weight excluding hydrogens is 413 g/mol. The van der Waals surface area contributed by atoms with Crippen LogP contribution in [0.2, 0.25) is 0 Å². The highest BCUT2D eigenvalue weighted by Gasteiger charge is 2.41. The van der Waals surface area contributed by atoms with Gasteiger partial charge in [0.25, 0.3) is 0 Å². The molecule has 1 N–H and O–H groups in total. The molecule has 7 heteroatoms. The molecule has 0 saturated carbocycles. The molecule has 2 unspecified atom stereocenters. The molecule has 0 aliphatic carbocycles. The summed E-state index contributed by atoms with van der Waals surface area (Å²) in [6, 6.07) is 13.1. The van der Waals surface area contributed by atoms with Crippen LogP contribution in [0.3, 0.4) is 0 Å². The maximum Gasteiger partial charge on any atom is 0.337 e. The summed E-state index contributed by atoms with van der Waals surface area (Å²) >= 11 is 1.41. The fourth-order valence-corrected chi connectivity index (χ4v) is 6.40. The van der Waals surface area contributed by atoms with Crippen molar-refractivity contribution in [1.82, 2.24) is 0 Å². The van der Waals surface area contributed by atoms with Crippen LogP contribution >= 0.6 is 18.9 Å². The van der Waals surface area contributed by atoms with Crippen molar-refractivity contribution in [3.8, 4) is 0 Å². The van der Waals surface area contributed by atoms with Crippen LogP contribution in [0.25, 0.3) is 10.1 Å². The zero-order valence-corrected chi connectivity index (χ0v) is 18.6. The van der Waals surface area contributed by atoms with Gasteiger partial charge in [0.2, 0.25) is 0 Å². The second-order valence-corrected chi connectivity index (χ2v) is 11.1. The van der Waals surface area contributed by atoms with Gasteiger partial charge in [-0.2, -0.15) is 0 Å². The third-order valence-corrected chi connectivity index (χ3v) is 8.72. The smallest absolute Gasteiger partial charge is 0.324 e. The molecule has 3 rings (SSSR count). The predicted octanol–water partition coefficient (Wildman–Crippen LogP) is 7.10. The molecule has 2 atom stereocenters. The normalized spacial score (nSPS) is 15.6. The van der Waals surface area contributed by atoms with Crippen molar-refractivity contribution in [2.75, 3.05) is 0 Å². The van der Waals surface area contributed by atoms with Gasteiger partial charge in [-0.15, -0.1) is 11.3 Å². The van der Waals surface area contributed by atoms with E-state index in [1.165, 1.54) is 17.4 Å².